The minimum absolute atomic E-state index is 0.217. The predicted octanol–water partition coefficient (Wildman–Crippen LogP) is 4.70. The molecule has 1 heterocycles. The number of hydrogen-bond donors (Lipinski definition) is 2. The molecule has 1 amide bonds. The second-order valence-electron chi connectivity index (χ2n) is 7.56. The highest BCUT2D eigenvalue weighted by Gasteiger charge is 2.10. The largest absolute Gasteiger partial charge is 0.489 e. The maximum atomic E-state index is 12.9. The van der Waals surface area contributed by atoms with Crippen LogP contribution >= 0.6 is 0 Å². The number of hydrogen-bond acceptors (Lipinski definition) is 5. The molecule has 0 aliphatic rings. The lowest BCUT2D eigenvalue weighted by atomic mass is 10.1. The summed E-state index contributed by atoms with van der Waals surface area (Å²) in [6, 6.07) is 24.8. The van der Waals surface area contributed by atoms with Crippen molar-refractivity contribution in [3.8, 4) is 23.2 Å². The van der Waals surface area contributed by atoms with E-state index in [0.717, 1.165) is 5.56 Å². The van der Waals surface area contributed by atoms with Gasteiger partial charge in [-0.1, -0.05) is 43.3 Å². The van der Waals surface area contributed by atoms with Crippen molar-refractivity contribution in [2.45, 2.75) is 20.0 Å². The van der Waals surface area contributed by atoms with E-state index in [-0.39, 0.29) is 18.1 Å². The number of anilines is 1. The van der Waals surface area contributed by atoms with Gasteiger partial charge in [-0.15, -0.1) is 0 Å². The average Bonchev–Trinajstić information content (AvgIpc) is 2.87. The number of nitrogens with one attached hydrogen (secondary N) is 2. The lowest BCUT2D eigenvalue weighted by molar-refractivity contribution is 0.102. The first-order valence-electron chi connectivity index (χ1n) is 10.8. The van der Waals surface area contributed by atoms with Crippen molar-refractivity contribution in [1.29, 1.82) is 5.26 Å². The van der Waals surface area contributed by atoms with Crippen LogP contribution in [0.5, 0.6) is 5.75 Å². The summed E-state index contributed by atoms with van der Waals surface area (Å²) in [6.07, 6.45) is 0.647. The number of carbonyl (C=O) groups is 1. The highest BCUT2D eigenvalue weighted by atomic mass is 16.5. The number of nitriles is 1. The number of ether oxygens (including phenoxy) is 1. The fourth-order valence-electron chi connectivity index (χ4n) is 3.42. The molecule has 0 fully saturated rings. The Morgan fingerprint density at radius 1 is 1.06 bits per heavy atom. The number of aryl methyl sites for hydroxylation is 1. The smallest absolute Gasteiger partial charge is 0.255 e. The van der Waals surface area contributed by atoms with Crippen LogP contribution in [-0.2, 0) is 13.0 Å². The van der Waals surface area contributed by atoms with E-state index in [2.05, 4.69) is 21.4 Å². The molecule has 0 aliphatic carbocycles. The molecule has 168 valence electrons. The second-order valence-corrected chi connectivity index (χ2v) is 7.56. The zero-order valence-electron chi connectivity index (χ0n) is 18.5. The van der Waals surface area contributed by atoms with Gasteiger partial charge in [-0.25, -0.2) is 4.98 Å². The fraction of sp³-hybridized carbons (Fsp3) is 0.111. The maximum Gasteiger partial charge on any atom is 0.255 e. The Morgan fingerprint density at radius 3 is 2.71 bits per heavy atom. The molecule has 7 nitrogen and oxygen atoms in total. The molecule has 0 saturated carbocycles. The van der Waals surface area contributed by atoms with Crippen LogP contribution < -0.4 is 15.6 Å². The molecule has 4 aromatic rings. The van der Waals surface area contributed by atoms with Crippen molar-refractivity contribution in [3.63, 3.8) is 0 Å². The molecular weight excluding hydrogens is 428 g/mol. The average molecular weight is 450 g/mol. The summed E-state index contributed by atoms with van der Waals surface area (Å²) in [5.41, 5.74) is 3.50. The van der Waals surface area contributed by atoms with E-state index in [1.807, 2.05) is 25.1 Å². The van der Waals surface area contributed by atoms with Crippen LogP contribution in [0.2, 0.25) is 0 Å². The zero-order chi connectivity index (χ0) is 23.9. The van der Waals surface area contributed by atoms with Gasteiger partial charge in [0.25, 0.3) is 11.5 Å². The molecule has 3 aromatic carbocycles. The lowest BCUT2D eigenvalue weighted by Crippen LogP contribution is -2.13. The standard InChI is InChI=1S/C27H22N4O3/c1-2-22-15-25(32)31-26(29-22)18-9-5-11-23(13-18)30-27(33)19-10-6-12-24(14-19)34-17-21-8-4-3-7-20(21)16-28/h3-15H,2,17H2,1H3,(H,30,33)(H,29,31,32). The Balaban J connectivity index is 1.48. The number of aromatic nitrogens is 2. The topological polar surface area (TPSA) is 108 Å². The van der Waals surface area contributed by atoms with E-state index in [9.17, 15) is 14.9 Å². The molecule has 0 saturated heterocycles. The highest BCUT2D eigenvalue weighted by Crippen LogP contribution is 2.21. The molecule has 1 aromatic heterocycles. The molecule has 0 spiro atoms. The van der Waals surface area contributed by atoms with Crippen LogP contribution in [0, 0.1) is 11.3 Å². The van der Waals surface area contributed by atoms with Gasteiger partial charge in [-0.05, 0) is 42.8 Å². The summed E-state index contributed by atoms with van der Waals surface area (Å²) in [5, 5.41) is 12.1. The molecule has 0 bridgehead atoms. The molecule has 2 N–H and O–H groups in total. The van der Waals surface area contributed by atoms with Crippen molar-refractivity contribution < 1.29 is 9.53 Å². The summed E-state index contributed by atoms with van der Waals surface area (Å²) in [6.45, 7) is 2.15. The van der Waals surface area contributed by atoms with Crippen LogP contribution in [-0.4, -0.2) is 15.9 Å². The number of rotatable bonds is 7. The highest BCUT2D eigenvalue weighted by molar-refractivity contribution is 6.04. The zero-order valence-corrected chi connectivity index (χ0v) is 18.5. The van der Waals surface area contributed by atoms with Crippen molar-refractivity contribution in [1.82, 2.24) is 9.97 Å². The van der Waals surface area contributed by atoms with E-state index >= 15 is 0 Å². The van der Waals surface area contributed by atoms with Crippen LogP contribution in [0.3, 0.4) is 0 Å². The third-order valence-corrected chi connectivity index (χ3v) is 5.18. The fourth-order valence-corrected chi connectivity index (χ4v) is 3.42. The first-order valence-corrected chi connectivity index (χ1v) is 10.8. The second kappa shape index (κ2) is 10.3. The normalized spacial score (nSPS) is 10.4. The van der Waals surface area contributed by atoms with Crippen LogP contribution in [0.1, 0.15) is 34.1 Å². The van der Waals surface area contributed by atoms with Gasteiger partial charge in [0.05, 0.1) is 11.6 Å². The minimum Gasteiger partial charge on any atom is -0.489 e. The number of carbonyl (C=O) groups excluding carboxylic acids is 1. The molecule has 0 aliphatic heterocycles. The third-order valence-electron chi connectivity index (χ3n) is 5.18. The Kier molecular flexibility index (Phi) is 6.80. The molecule has 0 atom stereocenters. The molecule has 7 heteroatoms. The van der Waals surface area contributed by atoms with E-state index in [1.54, 1.807) is 54.6 Å². The molecule has 0 radical (unpaired) electrons. The van der Waals surface area contributed by atoms with E-state index < -0.39 is 0 Å². The van der Waals surface area contributed by atoms with Crippen LogP contribution in [0.25, 0.3) is 11.4 Å². The van der Waals surface area contributed by atoms with Gasteiger partial charge in [0, 0.05) is 34.1 Å². The Morgan fingerprint density at radius 2 is 1.88 bits per heavy atom. The van der Waals surface area contributed by atoms with Crippen molar-refractivity contribution >= 4 is 11.6 Å². The Hall–Kier alpha value is -4.70. The van der Waals surface area contributed by atoms with Gasteiger partial charge in [-0.2, -0.15) is 5.26 Å². The van der Waals surface area contributed by atoms with Crippen molar-refractivity contribution in [2.24, 2.45) is 0 Å². The summed E-state index contributed by atoms with van der Waals surface area (Å²) < 4.78 is 5.81. The first kappa shape index (κ1) is 22.5. The SMILES string of the molecule is CCc1cc(=O)[nH]c(-c2cccc(NC(=O)c3cccc(OCc4ccccc4C#N)c3)c2)n1. The van der Waals surface area contributed by atoms with Gasteiger partial charge in [-0.3, -0.25) is 9.59 Å². The summed E-state index contributed by atoms with van der Waals surface area (Å²) in [7, 11) is 0. The van der Waals surface area contributed by atoms with Crippen molar-refractivity contribution in [3.05, 3.63) is 112 Å². The minimum atomic E-state index is -0.302. The Labute approximate surface area is 196 Å². The van der Waals surface area contributed by atoms with E-state index in [0.29, 0.717) is 46.1 Å². The Bertz CT molecular complexity index is 1440. The van der Waals surface area contributed by atoms with E-state index in [4.69, 9.17) is 4.74 Å². The summed E-state index contributed by atoms with van der Waals surface area (Å²) in [4.78, 5) is 32.0. The molecule has 4 rings (SSSR count). The van der Waals surface area contributed by atoms with Crippen molar-refractivity contribution in [2.75, 3.05) is 5.32 Å². The molecular formula is C27H22N4O3. The predicted molar refractivity (Wildman–Crippen MR) is 130 cm³/mol. The third kappa shape index (κ3) is 5.37. The summed E-state index contributed by atoms with van der Waals surface area (Å²) in [5.74, 6) is 0.671. The van der Waals surface area contributed by atoms with Gasteiger partial charge in [0.1, 0.15) is 18.2 Å². The monoisotopic (exact) mass is 450 g/mol. The number of nitrogens with zero attached hydrogens (tertiary/aromatic N) is 2. The number of benzene rings is 3. The maximum absolute atomic E-state index is 12.9. The number of amides is 1. The van der Waals surface area contributed by atoms with E-state index in [1.165, 1.54) is 6.07 Å². The summed E-state index contributed by atoms with van der Waals surface area (Å²) >= 11 is 0. The van der Waals surface area contributed by atoms with Crippen LogP contribution in [0.4, 0.5) is 5.69 Å². The van der Waals surface area contributed by atoms with Gasteiger partial charge in [0.15, 0.2) is 0 Å². The van der Waals surface area contributed by atoms with Crippen LogP contribution in [0.15, 0.2) is 83.7 Å². The van der Waals surface area contributed by atoms with Gasteiger partial charge >= 0.3 is 0 Å². The molecule has 34 heavy (non-hydrogen) atoms. The van der Waals surface area contributed by atoms with Gasteiger partial charge in [0.2, 0.25) is 0 Å². The quantitative estimate of drug-likeness (QED) is 0.424. The number of H-pyrrole nitrogens is 1. The molecule has 0 unspecified atom stereocenters. The number of aromatic amines is 1. The first-order chi connectivity index (χ1) is 16.6. The lowest BCUT2D eigenvalue weighted by Gasteiger charge is -2.10. The van der Waals surface area contributed by atoms with Gasteiger partial charge < -0.3 is 15.0 Å².